The largest absolute Gasteiger partial charge is 0.469 e. The molecule has 0 saturated carbocycles. The number of rotatable bonds is 2. The lowest BCUT2D eigenvalue weighted by Crippen LogP contribution is -2.45. The Bertz CT molecular complexity index is 710. The zero-order valence-electron chi connectivity index (χ0n) is 12.9. The van der Waals surface area contributed by atoms with Crippen molar-refractivity contribution in [3.8, 4) is 0 Å². The first-order valence-electron chi connectivity index (χ1n) is 7.00. The number of aryl methyl sites for hydroxylation is 1. The third-order valence-corrected chi connectivity index (χ3v) is 3.99. The van der Waals surface area contributed by atoms with Gasteiger partial charge in [-0.05, 0) is 12.8 Å². The lowest BCUT2D eigenvalue weighted by molar-refractivity contribution is -0.146. The molecule has 1 aliphatic rings. The average molecular weight is 309 g/mol. The Hall–Kier alpha value is -2.38. The average Bonchev–Trinajstić information content (AvgIpc) is 2.55. The van der Waals surface area contributed by atoms with Gasteiger partial charge in [-0.25, -0.2) is 4.79 Å². The number of ether oxygens (including phenoxy) is 1. The molecule has 0 spiro atoms. The van der Waals surface area contributed by atoms with E-state index in [2.05, 4.69) is 0 Å². The fraction of sp³-hybridized carbons (Fsp3) is 0.571. The molecule has 0 radical (unpaired) electrons. The van der Waals surface area contributed by atoms with Crippen LogP contribution in [0.2, 0.25) is 0 Å². The summed E-state index contributed by atoms with van der Waals surface area (Å²) in [7, 11) is 4.17. The first-order chi connectivity index (χ1) is 10.4. The van der Waals surface area contributed by atoms with Crippen LogP contribution in [0.1, 0.15) is 23.2 Å². The molecule has 0 N–H and O–H groups in total. The molecule has 1 aliphatic heterocycles. The SMILES string of the molecule is COC(=O)C1CCN(C(=O)c2cn(C)c(=O)n(C)c2=O)CC1. The van der Waals surface area contributed by atoms with Gasteiger partial charge in [-0.2, -0.15) is 0 Å². The lowest BCUT2D eigenvalue weighted by Gasteiger charge is -2.30. The Morgan fingerprint density at radius 1 is 1.18 bits per heavy atom. The zero-order valence-corrected chi connectivity index (χ0v) is 12.9. The number of carbonyl (C=O) groups excluding carboxylic acids is 2. The summed E-state index contributed by atoms with van der Waals surface area (Å²) >= 11 is 0. The number of esters is 1. The van der Waals surface area contributed by atoms with Crippen LogP contribution in [0.5, 0.6) is 0 Å². The van der Waals surface area contributed by atoms with Crippen LogP contribution >= 0.6 is 0 Å². The summed E-state index contributed by atoms with van der Waals surface area (Å²) in [6, 6.07) is 0. The molecular formula is C14H19N3O5. The molecule has 0 unspecified atom stereocenters. The molecule has 120 valence electrons. The smallest absolute Gasteiger partial charge is 0.330 e. The highest BCUT2D eigenvalue weighted by Crippen LogP contribution is 2.19. The van der Waals surface area contributed by atoms with Crippen LogP contribution in [0.15, 0.2) is 15.8 Å². The second-order valence-electron chi connectivity index (χ2n) is 5.39. The Kier molecular flexibility index (Phi) is 4.48. The van der Waals surface area contributed by atoms with Gasteiger partial charge in [-0.1, -0.05) is 0 Å². The van der Waals surface area contributed by atoms with Crippen molar-refractivity contribution in [2.24, 2.45) is 20.0 Å². The molecular weight excluding hydrogens is 290 g/mol. The van der Waals surface area contributed by atoms with Gasteiger partial charge in [-0.3, -0.25) is 19.0 Å². The van der Waals surface area contributed by atoms with Gasteiger partial charge in [0.15, 0.2) is 0 Å². The van der Waals surface area contributed by atoms with Crippen LogP contribution in [0.3, 0.4) is 0 Å². The van der Waals surface area contributed by atoms with Crippen LogP contribution in [0, 0.1) is 5.92 Å². The summed E-state index contributed by atoms with van der Waals surface area (Å²) in [5.74, 6) is -0.901. The van der Waals surface area contributed by atoms with Crippen LogP contribution < -0.4 is 11.2 Å². The lowest BCUT2D eigenvalue weighted by atomic mass is 9.96. The second-order valence-corrected chi connectivity index (χ2v) is 5.39. The molecule has 0 aromatic carbocycles. The van der Waals surface area contributed by atoms with E-state index < -0.39 is 17.2 Å². The van der Waals surface area contributed by atoms with Gasteiger partial charge in [0, 0.05) is 33.4 Å². The minimum Gasteiger partial charge on any atom is -0.469 e. The van der Waals surface area contributed by atoms with Gasteiger partial charge in [0.05, 0.1) is 13.0 Å². The zero-order chi connectivity index (χ0) is 16.4. The molecule has 1 aromatic heterocycles. The fourth-order valence-electron chi connectivity index (χ4n) is 2.61. The standard InChI is InChI=1S/C14H19N3O5/c1-15-8-10(11(18)16(2)14(15)21)12(19)17-6-4-9(5-7-17)13(20)22-3/h8-9H,4-7H2,1-3H3. The van der Waals surface area contributed by atoms with Crippen LogP contribution in [-0.2, 0) is 23.6 Å². The monoisotopic (exact) mass is 309 g/mol. The third kappa shape index (κ3) is 2.81. The van der Waals surface area contributed by atoms with E-state index in [1.807, 2.05) is 0 Å². The number of hydrogen-bond donors (Lipinski definition) is 0. The minimum absolute atomic E-state index is 0.0406. The molecule has 22 heavy (non-hydrogen) atoms. The molecule has 2 heterocycles. The predicted octanol–water partition coefficient (Wildman–Crippen LogP) is -0.891. The van der Waals surface area contributed by atoms with E-state index in [1.54, 1.807) is 0 Å². The van der Waals surface area contributed by atoms with Crippen LogP contribution in [0.4, 0.5) is 0 Å². The first kappa shape index (κ1) is 16.0. The molecule has 0 bridgehead atoms. The summed E-state index contributed by atoms with van der Waals surface area (Å²) in [5, 5.41) is 0. The molecule has 1 saturated heterocycles. The van der Waals surface area contributed by atoms with Crippen molar-refractivity contribution in [3.05, 3.63) is 32.6 Å². The molecule has 8 nitrogen and oxygen atoms in total. The van der Waals surface area contributed by atoms with Crippen molar-refractivity contribution in [1.29, 1.82) is 0 Å². The first-order valence-corrected chi connectivity index (χ1v) is 7.00. The van der Waals surface area contributed by atoms with E-state index in [-0.39, 0.29) is 17.5 Å². The molecule has 1 fully saturated rings. The van der Waals surface area contributed by atoms with E-state index in [1.165, 1.54) is 36.9 Å². The van der Waals surface area contributed by atoms with E-state index in [9.17, 15) is 19.2 Å². The minimum atomic E-state index is -0.608. The number of hydrogen-bond acceptors (Lipinski definition) is 5. The maximum atomic E-state index is 12.5. The third-order valence-electron chi connectivity index (χ3n) is 3.99. The summed E-state index contributed by atoms with van der Waals surface area (Å²) in [6.45, 7) is 0.759. The molecule has 2 rings (SSSR count). The Morgan fingerprint density at radius 2 is 1.77 bits per heavy atom. The van der Waals surface area contributed by atoms with Crippen LogP contribution in [0.25, 0.3) is 0 Å². The second kappa shape index (κ2) is 6.17. The van der Waals surface area contributed by atoms with Gasteiger partial charge < -0.3 is 14.2 Å². The molecule has 8 heteroatoms. The topological polar surface area (TPSA) is 90.6 Å². The molecule has 0 atom stereocenters. The number of carbonyl (C=O) groups is 2. The molecule has 1 aromatic rings. The quantitative estimate of drug-likeness (QED) is 0.661. The fourth-order valence-corrected chi connectivity index (χ4v) is 2.61. The van der Waals surface area contributed by atoms with Gasteiger partial charge in [-0.15, -0.1) is 0 Å². The normalized spacial score (nSPS) is 15.7. The highest BCUT2D eigenvalue weighted by Gasteiger charge is 2.29. The highest BCUT2D eigenvalue weighted by atomic mass is 16.5. The number of nitrogens with zero attached hydrogens (tertiary/aromatic N) is 3. The number of aromatic nitrogens is 2. The van der Waals surface area contributed by atoms with Crippen molar-refractivity contribution in [2.75, 3.05) is 20.2 Å². The summed E-state index contributed by atoms with van der Waals surface area (Å²) < 4.78 is 6.82. The summed E-state index contributed by atoms with van der Waals surface area (Å²) in [4.78, 5) is 49.2. The van der Waals surface area contributed by atoms with Crippen molar-refractivity contribution >= 4 is 11.9 Å². The maximum absolute atomic E-state index is 12.5. The predicted molar refractivity (Wildman–Crippen MR) is 77.6 cm³/mol. The molecule has 0 aliphatic carbocycles. The summed E-state index contributed by atoms with van der Waals surface area (Å²) in [6.07, 6.45) is 2.27. The van der Waals surface area contributed by atoms with E-state index in [4.69, 9.17) is 4.74 Å². The Morgan fingerprint density at radius 3 is 2.32 bits per heavy atom. The van der Waals surface area contributed by atoms with E-state index in [0.717, 1.165) is 4.57 Å². The Balaban J connectivity index is 2.19. The van der Waals surface area contributed by atoms with Gasteiger partial charge in [0.1, 0.15) is 5.56 Å². The summed E-state index contributed by atoms with van der Waals surface area (Å²) in [5.41, 5.74) is -1.13. The van der Waals surface area contributed by atoms with E-state index >= 15 is 0 Å². The number of methoxy groups -OCH3 is 1. The van der Waals surface area contributed by atoms with Gasteiger partial charge >= 0.3 is 11.7 Å². The van der Waals surface area contributed by atoms with Crippen molar-refractivity contribution in [3.63, 3.8) is 0 Å². The van der Waals surface area contributed by atoms with E-state index in [0.29, 0.717) is 25.9 Å². The Labute approximate surface area is 126 Å². The number of amides is 1. The molecule has 1 amide bonds. The number of likely N-dealkylation sites (tertiary alicyclic amines) is 1. The maximum Gasteiger partial charge on any atom is 0.330 e. The van der Waals surface area contributed by atoms with Crippen molar-refractivity contribution < 1.29 is 14.3 Å². The van der Waals surface area contributed by atoms with Crippen LogP contribution in [-0.4, -0.2) is 46.1 Å². The van der Waals surface area contributed by atoms with Gasteiger partial charge in [0.25, 0.3) is 11.5 Å². The van der Waals surface area contributed by atoms with Crippen molar-refractivity contribution in [1.82, 2.24) is 14.0 Å². The number of piperidine rings is 1. The van der Waals surface area contributed by atoms with Crippen molar-refractivity contribution in [2.45, 2.75) is 12.8 Å². The van der Waals surface area contributed by atoms with Gasteiger partial charge in [0.2, 0.25) is 0 Å². The highest BCUT2D eigenvalue weighted by molar-refractivity contribution is 5.93.